The van der Waals surface area contributed by atoms with Crippen molar-refractivity contribution in [2.45, 2.75) is 65.0 Å². The van der Waals surface area contributed by atoms with Gasteiger partial charge >= 0.3 is 6.18 Å². The van der Waals surface area contributed by atoms with Crippen LogP contribution >= 0.6 is 0 Å². The van der Waals surface area contributed by atoms with Crippen LogP contribution in [0.2, 0.25) is 0 Å². The molecule has 1 aliphatic carbocycles. The molecule has 0 spiro atoms. The van der Waals surface area contributed by atoms with Gasteiger partial charge in [0.25, 0.3) is 0 Å². The van der Waals surface area contributed by atoms with Crippen LogP contribution in [-0.4, -0.2) is 30.1 Å². The maximum atomic E-state index is 12.9. The fourth-order valence-electron chi connectivity index (χ4n) is 4.09. The van der Waals surface area contributed by atoms with Gasteiger partial charge in [0.2, 0.25) is 5.91 Å². The third-order valence-electron chi connectivity index (χ3n) is 5.12. The minimum atomic E-state index is -4.15. The Kier molecular flexibility index (Phi) is 5.78. The van der Waals surface area contributed by atoms with Gasteiger partial charge in [-0.25, -0.2) is 0 Å². The molecule has 1 saturated carbocycles. The molecule has 1 amide bonds. The van der Waals surface area contributed by atoms with Gasteiger partial charge in [0, 0.05) is 19.0 Å². The molecule has 0 radical (unpaired) electrons. The van der Waals surface area contributed by atoms with Crippen LogP contribution in [-0.2, 0) is 4.79 Å². The molecule has 22 heavy (non-hydrogen) atoms. The molecule has 128 valence electrons. The van der Waals surface area contributed by atoms with Crippen LogP contribution in [0.4, 0.5) is 13.2 Å². The van der Waals surface area contributed by atoms with E-state index in [9.17, 15) is 18.0 Å². The second kappa shape index (κ2) is 7.22. The molecule has 0 aromatic rings. The Labute approximate surface area is 131 Å². The number of halogens is 3. The predicted molar refractivity (Wildman–Crippen MR) is 80.3 cm³/mol. The number of carbonyl (C=O) groups is 1. The molecule has 0 aromatic heterocycles. The van der Waals surface area contributed by atoms with E-state index in [-0.39, 0.29) is 18.7 Å². The van der Waals surface area contributed by atoms with E-state index in [1.165, 1.54) is 0 Å². The van der Waals surface area contributed by atoms with Gasteiger partial charge in [0.1, 0.15) is 0 Å². The fourth-order valence-corrected chi connectivity index (χ4v) is 4.09. The smallest absolute Gasteiger partial charge is 0.342 e. The molecule has 2 rings (SSSR count). The zero-order chi connectivity index (χ0) is 16.3. The van der Waals surface area contributed by atoms with Crippen LogP contribution in [0.1, 0.15) is 58.8 Å². The third kappa shape index (κ3) is 4.63. The lowest BCUT2D eigenvalue weighted by Gasteiger charge is -2.38. The average molecular weight is 319 g/mol. The number of alkyl halides is 3. The summed E-state index contributed by atoms with van der Waals surface area (Å²) < 4.78 is 38.7. The monoisotopic (exact) mass is 319 g/mol. The molecule has 1 saturated heterocycles. The highest BCUT2D eigenvalue weighted by Crippen LogP contribution is 2.40. The molecule has 0 unspecified atom stereocenters. The summed E-state index contributed by atoms with van der Waals surface area (Å²) in [5.41, 5.74) is 0. The molecule has 0 aromatic carbocycles. The van der Waals surface area contributed by atoms with Crippen LogP contribution in [0.25, 0.3) is 0 Å². The quantitative estimate of drug-likeness (QED) is 0.742. The Hall–Kier alpha value is -0.740. The number of carbonyl (C=O) groups excluding carboxylic acids is 1. The van der Waals surface area contributed by atoms with Crippen molar-refractivity contribution in [3.05, 3.63) is 0 Å². The largest absolute Gasteiger partial charge is 0.391 e. The summed E-state index contributed by atoms with van der Waals surface area (Å²) in [4.78, 5) is 14.5. The number of likely N-dealkylation sites (tertiary alicyclic amines) is 1. The number of hydrogen-bond acceptors (Lipinski definition) is 1. The van der Waals surface area contributed by atoms with Gasteiger partial charge in [-0.3, -0.25) is 4.79 Å². The van der Waals surface area contributed by atoms with Gasteiger partial charge < -0.3 is 4.90 Å². The maximum Gasteiger partial charge on any atom is 0.391 e. The van der Waals surface area contributed by atoms with Gasteiger partial charge in [0.05, 0.1) is 5.92 Å². The summed E-state index contributed by atoms with van der Waals surface area (Å²) in [6.07, 6.45) is 0.383. The maximum absolute atomic E-state index is 12.9. The Bertz CT molecular complexity index is 381. The first kappa shape index (κ1) is 17.6. The number of rotatable bonds is 3. The summed E-state index contributed by atoms with van der Waals surface area (Å²) in [6.45, 7) is 5.82. The highest BCUT2D eigenvalue weighted by molar-refractivity contribution is 5.79. The van der Waals surface area contributed by atoms with Gasteiger partial charge in [-0.05, 0) is 50.4 Å². The highest BCUT2D eigenvalue weighted by Gasteiger charge is 2.44. The normalized spacial score (nSPS) is 30.6. The molecule has 0 N–H and O–H groups in total. The Morgan fingerprint density at radius 1 is 1.18 bits per heavy atom. The zero-order valence-corrected chi connectivity index (χ0v) is 13.7. The molecule has 0 bridgehead atoms. The number of hydrogen-bond donors (Lipinski definition) is 0. The molecule has 2 nitrogen and oxygen atoms in total. The van der Waals surface area contributed by atoms with Crippen LogP contribution in [0.5, 0.6) is 0 Å². The van der Waals surface area contributed by atoms with Crippen molar-refractivity contribution >= 4 is 5.91 Å². The number of nitrogens with zero attached hydrogens (tertiary/aromatic N) is 1. The zero-order valence-electron chi connectivity index (χ0n) is 13.7. The molecule has 3 atom stereocenters. The molecule has 1 heterocycles. The summed E-state index contributed by atoms with van der Waals surface area (Å²) in [5, 5.41) is 0. The van der Waals surface area contributed by atoms with Crippen LogP contribution < -0.4 is 0 Å². The predicted octanol–water partition coefficient (Wildman–Crippen LogP) is 4.64. The summed E-state index contributed by atoms with van der Waals surface area (Å²) in [6, 6.07) is 0. The van der Waals surface area contributed by atoms with E-state index in [0.717, 1.165) is 32.4 Å². The van der Waals surface area contributed by atoms with Crippen molar-refractivity contribution in [1.29, 1.82) is 0 Å². The van der Waals surface area contributed by atoms with E-state index >= 15 is 0 Å². The molecule has 2 fully saturated rings. The van der Waals surface area contributed by atoms with Crippen LogP contribution in [0, 0.1) is 23.7 Å². The summed E-state index contributed by atoms with van der Waals surface area (Å²) in [7, 11) is 0. The van der Waals surface area contributed by atoms with Crippen LogP contribution in [0.3, 0.4) is 0 Å². The molecular weight excluding hydrogens is 291 g/mol. The van der Waals surface area contributed by atoms with Gasteiger partial charge in [-0.15, -0.1) is 0 Å². The number of piperidine rings is 1. The first-order valence-corrected chi connectivity index (χ1v) is 8.63. The van der Waals surface area contributed by atoms with Crippen molar-refractivity contribution in [1.82, 2.24) is 4.90 Å². The standard InChI is InChI=1S/C17H28F3NO/c1-12(2)9-13-5-4-8-21(11-13)16(22)14-6-3-7-15(10-14)17(18,19)20/h12-15H,3-11H2,1-2H3/t13-,14+,15+/m0/s1. The Morgan fingerprint density at radius 2 is 1.91 bits per heavy atom. The first-order valence-electron chi connectivity index (χ1n) is 8.63. The van der Waals surface area contributed by atoms with E-state index in [2.05, 4.69) is 13.8 Å². The van der Waals surface area contributed by atoms with Crippen molar-refractivity contribution in [3.63, 3.8) is 0 Å². The van der Waals surface area contributed by atoms with Crippen molar-refractivity contribution in [3.8, 4) is 0 Å². The Morgan fingerprint density at radius 3 is 2.55 bits per heavy atom. The van der Waals surface area contributed by atoms with E-state index in [1.54, 1.807) is 0 Å². The highest BCUT2D eigenvalue weighted by atomic mass is 19.4. The second-order valence-electron chi connectivity index (χ2n) is 7.52. The number of amides is 1. The van der Waals surface area contributed by atoms with E-state index in [4.69, 9.17) is 0 Å². The topological polar surface area (TPSA) is 20.3 Å². The Balaban J connectivity index is 1.92. The van der Waals surface area contributed by atoms with Crippen molar-refractivity contribution in [2.75, 3.05) is 13.1 Å². The minimum Gasteiger partial charge on any atom is -0.342 e. The lowest BCUT2D eigenvalue weighted by atomic mass is 9.79. The minimum absolute atomic E-state index is 0.00627. The van der Waals surface area contributed by atoms with Crippen molar-refractivity contribution in [2.24, 2.45) is 23.7 Å². The van der Waals surface area contributed by atoms with Gasteiger partial charge in [-0.1, -0.05) is 20.3 Å². The molecule has 5 heteroatoms. The van der Waals surface area contributed by atoms with Gasteiger partial charge in [0.15, 0.2) is 0 Å². The van der Waals surface area contributed by atoms with E-state index < -0.39 is 18.0 Å². The fraction of sp³-hybridized carbons (Fsp3) is 0.941. The molecule has 1 aliphatic heterocycles. The van der Waals surface area contributed by atoms with Crippen molar-refractivity contribution < 1.29 is 18.0 Å². The summed E-state index contributed by atoms with van der Waals surface area (Å²) in [5.74, 6) is -0.615. The van der Waals surface area contributed by atoms with Crippen LogP contribution in [0.15, 0.2) is 0 Å². The van der Waals surface area contributed by atoms with Gasteiger partial charge in [-0.2, -0.15) is 13.2 Å². The first-order chi connectivity index (χ1) is 10.3. The average Bonchev–Trinajstić information content (AvgIpc) is 2.45. The molecule has 2 aliphatic rings. The summed E-state index contributed by atoms with van der Waals surface area (Å²) >= 11 is 0. The molecular formula is C17H28F3NO. The van der Waals surface area contributed by atoms with E-state index in [1.807, 2.05) is 4.90 Å². The van der Waals surface area contributed by atoms with E-state index in [0.29, 0.717) is 24.7 Å². The lowest BCUT2D eigenvalue weighted by molar-refractivity contribution is -0.187. The third-order valence-corrected chi connectivity index (χ3v) is 5.12. The lowest BCUT2D eigenvalue weighted by Crippen LogP contribution is -2.45. The SMILES string of the molecule is CC(C)C[C@@H]1CCCN(C(=O)[C@@H]2CCC[C@@H](C(F)(F)F)C2)C1. The second-order valence-corrected chi connectivity index (χ2v) is 7.52.